The summed E-state index contributed by atoms with van der Waals surface area (Å²) in [7, 11) is 0. The molecule has 0 saturated heterocycles. The van der Waals surface area contributed by atoms with Gasteiger partial charge in [0.1, 0.15) is 6.04 Å². The molecule has 0 saturated carbocycles. The van der Waals surface area contributed by atoms with Crippen molar-refractivity contribution < 1.29 is 9.90 Å². The zero-order chi connectivity index (χ0) is 15.8. The van der Waals surface area contributed by atoms with Crippen molar-refractivity contribution in [3.8, 4) is 0 Å². The van der Waals surface area contributed by atoms with Crippen LogP contribution in [-0.2, 0) is 4.79 Å². The number of nitrogens with one attached hydrogen (secondary N) is 2. The molecule has 1 unspecified atom stereocenters. The normalized spacial score (nSPS) is 13.4. The summed E-state index contributed by atoms with van der Waals surface area (Å²) < 4.78 is 0. The fourth-order valence-corrected chi connectivity index (χ4v) is 2.14. The molecule has 0 radical (unpaired) electrons. The molecular weight excluding hydrogens is 276 g/mol. The first-order chi connectivity index (χ1) is 10.7. The van der Waals surface area contributed by atoms with Gasteiger partial charge in [-0.3, -0.25) is 10.1 Å². The molecule has 116 valence electrons. The average molecular weight is 298 g/mol. The highest BCUT2D eigenvalue weighted by atomic mass is 16.3. The third-order valence-corrected chi connectivity index (χ3v) is 3.47. The fourth-order valence-electron chi connectivity index (χ4n) is 2.14. The van der Waals surface area contributed by atoms with Gasteiger partial charge < -0.3 is 10.4 Å². The molecule has 2 atom stereocenters. The van der Waals surface area contributed by atoms with Gasteiger partial charge in [-0.15, -0.1) is 0 Å². The average Bonchev–Trinajstić information content (AvgIpc) is 2.56. The zero-order valence-corrected chi connectivity index (χ0v) is 12.7. The number of hydrogen-bond donors (Lipinski definition) is 3. The lowest BCUT2D eigenvalue weighted by Crippen LogP contribution is -2.37. The third kappa shape index (κ3) is 4.69. The number of carbonyl (C=O) groups is 1. The Morgan fingerprint density at radius 2 is 1.64 bits per heavy atom. The number of aliphatic hydroxyl groups excluding tert-OH is 1. The molecule has 2 aromatic rings. The quantitative estimate of drug-likeness (QED) is 0.736. The standard InChI is InChI=1S/C18H22N2O2/c1-2-16(21)13-19-17(14-9-5-3-6-10-14)18(22)20-15-11-7-4-8-12-15/h3-12,16-17,19,21H,2,13H2,1H3,(H,20,22)/t16-,17?/m1/s1. The van der Waals surface area contributed by atoms with E-state index in [4.69, 9.17) is 0 Å². The minimum absolute atomic E-state index is 0.138. The molecule has 0 aliphatic rings. The molecule has 0 aromatic heterocycles. The Kier molecular flexibility index (Phi) is 6.13. The van der Waals surface area contributed by atoms with Crippen LogP contribution in [0.2, 0.25) is 0 Å². The lowest BCUT2D eigenvalue weighted by molar-refractivity contribution is -0.118. The molecule has 0 aliphatic carbocycles. The molecule has 0 spiro atoms. The number of carbonyl (C=O) groups excluding carboxylic acids is 1. The van der Waals surface area contributed by atoms with Crippen LogP contribution < -0.4 is 10.6 Å². The van der Waals surface area contributed by atoms with Gasteiger partial charge in [-0.05, 0) is 24.1 Å². The van der Waals surface area contributed by atoms with E-state index in [-0.39, 0.29) is 5.91 Å². The summed E-state index contributed by atoms with van der Waals surface area (Å²) in [6.07, 6.45) is 0.185. The van der Waals surface area contributed by atoms with Gasteiger partial charge in [-0.25, -0.2) is 0 Å². The molecular formula is C18H22N2O2. The lowest BCUT2D eigenvalue weighted by atomic mass is 10.1. The number of amides is 1. The van der Waals surface area contributed by atoms with Crippen LogP contribution in [-0.4, -0.2) is 23.7 Å². The number of para-hydroxylation sites is 1. The monoisotopic (exact) mass is 298 g/mol. The molecule has 2 aromatic carbocycles. The summed E-state index contributed by atoms with van der Waals surface area (Å²) in [5.74, 6) is -0.138. The van der Waals surface area contributed by atoms with Crippen molar-refractivity contribution in [1.29, 1.82) is 0 Å². The Balaban J connectivity index is 2.11. The molecule has 0 aliphatic heterocycles. The van der Waals surface area contributed by atoms with Crippen LogP contribution in [0.5, 0.6) is 0 Å². The Labute approximate surface area is 131 Å². The Hall–Kier alpha value is -2.17. The second-order valence-electron chi connectivity index (χ2n) is 5.17. The van der Waals surface area contributed by atoms with Crippen molar-refractivity contribution in [3.05, 3.63) is 66.2 Å². The van der Waals surface area contributed by atoms with Gasteiger partial charge in [0, 0.05) is 12.2 Å². The van der Waals surface area contributed by atoms with Gasteiger partial charge in [0.25, 0.3) is 0 Å². The Morgan fingerprint density at radius 3 is 2.23 bits per heavy atom. The molecule has 3 N–H and O–H groups in total. The topological polar surface area (TPSA) is 61.4 Å². The van der Waals surface area contributed by atoms with E-state index in [1.54, 1.807) is 0 Å². The molecule has 4 nitrogen and oxygen atoms in total. The number of aliphatic hydroxyl groups is 1. The number of benzene rings is 2. The van der Waals surface area contributed by atoms with Crippen molar-refractivity contribution in [1.82, 2.24) is 5.32 Å². The molecule has 4 heteroatoms. The van der Waals surface area contributed by atoms with Gasteiger partial charge in [0.2, 0.25) is 5.91 Å². The number of hydrogen-bond acceptors (Lipinski definition) is 3. The highest BCUT2D eigenvalue weighted by Gasteiger charge is 2.20. The molecule has 0 fully saturated rings. The van der Waals surface area contributed by atoms with Gasteiger partial charge in [-0.1, -0.05) is 55.5 Å². The largest absolute Gasteiger partial charge is 0.392 e. The summed E-state index contributed by atoms with van der Waals surface area (Å²) in [5, 5.41) is 15.8. The molecule has 0 heterocycles. The minimum atomic E-state index is -0.498. The van der Waals surface area contributed by atoms with Crippen LogP contribution >= 0.6 is 0 Å². The summed E-state index contributed by atoms with van der Waals surface area (Å²) in [6, 6.07) is 18.4. The Bertz CT molecular complexity index is 572. The first kappa shape index (κ1) is 16.2. The summed E-state index contributed by atoms with van der Waals surface area (Å²) in [6.45, 7) is 2.28. The van der Waals surface area contributed by atoms with Gasteiger partial charge in [0.15, 0.2) is 0 Å². The van der Waals surface area contributed by atoms with E-state index in [2.05, 4.69) is 10.6 Å². The smallest absolute Gasteiger partial charge is 0.246 e. The molecule has 22 heavy (non-hydrogen) atoms. The van der Waals surface area contributed by atoms with E-state index in [0.717, 1.165) is 11.3 Å². The Morgan fingerprint density at radius 1 is 1.05 bits per heavy atom. The summed E-state index contributed by atoms with van der Waals surface area (Å²) in [5.41, 5.74) is 1.63. The third-order valence-electron chi connectivity index (χ3n) is 3.47. The van der Waals surface area contributed by atoms with Crippen LogP contribution in [0.25, 0.3) is 0 Å². The van der Waals surface area contributed by atoms with Crippen LogP contribution in [0.4, 0.5) is 5.69 Å². The van der Waals surface area contributed by atoms with E-state index < -0.39 is 12.1 Å². The lowest BCUT2D eigenvalue weighted by Gasteiger charge is -2.20. The maximum Gasteiger partial charge on any atom is 0.246 e. The second-order valence-corrected chi connectivity index (χ2v) is 5.17. The highest BCUT2D eigenvalue weighted by Crippen LogP contribution is 2.16. The maximum atomic E-state index is 12.6. The van der Waals surface area contributed by atoms with Gasteiger partial charge >= 0.3 is 0 Å². The zero-order valence-electron chi connectivity index (χ0n) is 12.7. The van der Waals surface area contributed by atoms with Crippen molar-refractivity contribution >= 4 is 11.6 Å². The molecule has 1 amide bonds. The highest BCUT2D eigenvalue weighted by molar-refractivity contribution is 5.95. The summed E-state index contributed by atoms with van der Waals surface area (Å²) >= 11 is 0. The van der Waals surface area contributed by atoms with Gasteiger partial charge in [0.05, 0.1) is 6.10 Å². The maximum absolute atomic E-state index is 12.6. The van der Waals surface area contributed by atoms with E-state index in [1.165, 1.54) is 0 Å². The number of anilines is 1. The van der Waals surface area contributed by atoms with E-state index in [1.807, 2.05) is 67.6 Å². The van der Waals surface area contributed by atoms with Gasteiger partial charge in [-0.2, -0.15) is 0 Å². The van der Waals surface area contributed by atoms with Crippen molar-refractivity contribution in [2.75, 3.05) is 11.9 Å². The van der Waals surface area contributed by atoms with Crippen LogP contribution in [0.15, 0.2) is 60.7 Å². The predicted molar refractivity (Wildman–Crippen MR) is 88.6 cm³/mol. The fraction of sp³-hybridized carbons (Fsp3) is 0.278. The SMILES string of the molecule is CC[C@@H](O)CNC(C(=O)Nc1ccccc1)c1ccccc1. The van der Waals surface area contributed by atoms with E-state index in [0.29, 0.717) is 13.0 Å². The van der Waals surface area contributed by atoms with Crippen LogP contribution in [0, 0.1) is 0 Å². The summed E-state index contributed by atoms with van der Waals surface area (Å²) in [4.78, 5) is 12.6. The minimum Gasteiger partial charge on any atom is -0.392 e. The predicted octanol–water partition coefficient (Wildman–Crippen LogP) is 2.73. The second kappa shape index (κ2) is 8.32. The first-order valence-corrected chi connectivity index (χ1v) is 7.53. The van der Waals surface area contributed by atoms with Crippen molar-refractivity contribution in [3.63, 3.8) is 0 Å². The van der Waals surface area contributed by atoms with Crippen LogP contribution in [0.1, 0.15) is 24.9 Å². The first-order valence-electron chi connectivity index (χ1n) is 7.53. The van der Waals surface area contributed by atoms with Crippen molar-refractivity contribution in [2.24, 2.45) is 0 Å². The van der Waals surface area contributed by atoms with Crippen LogP contribution in [0.3, 0.4) is 0 Å². The van der Waals surface area contributed by atoms with E-state index >= 15 is 0 Å². The van der Waals surface area contributed by atoms with Crippen molar-refractivity contribution in [2.45, 2.75) is 25.5 Å². The van der Waals surface area contributed by atoms with E-state index in [9.17, 15) is 9.90 Å². The molecule has 2 rings (SSSR count). The number of rotatable bonds is 7. The molecule has 0 bridgehead atoms.